The maximum Gasteiger partial charge on any atom is 0.414 e. The van der Waals surface area contributed by atoms with Crippen molar-refractivity contribution in [2.45, 2.75) is 19.6 Å². The molecule has 4 rings (SSSR count). The Morgan fingerprint density at radius 3 is 2.67 bits per heavy atom. The molecule has 11 nitrogen and oxygen atoms in total. The van der Waals surface area contributed by atoms with E-state index in [9.17, 15) is 14.4 Å². The molecule has 2 aromatic rings. The van der Waals surface area contributed by atoms with Crippen molar-refractivity contribution in [3.05, 3.63) is 53.9 Å². The predicted octanol–water partition coefficient (Wildman–Crippen LogP) is 1.36. The zero-order valence-corrected chi connectivity index (χ0v) is 19.7. The topological polar surface area (TPSA) is 119 Å². The van der Waals surface area contributed by atoms with Gasteiger partial charge in [-0.2, -0.15) is 0 Å². The van der Waals surface area contributed by atoms with E-state index in [2.05, 4.69) is 21.0 Å². The number of ether oxygens (including phenoxy) is 1. The van der Waals surface area contributed by atoms with Gasteiger partial charge in [0.15, 0.2) is 11.6 Å². The van der Waals surface area contributed by atoms with Gasteiger partial charge in [-0.15, -0.1) is 0 Å². The molecule has 0 unspecified atom stereocenters. The number of hydrogen-bond donors (Lipinski definition) is 3. The van der Waals surface area contributed by atoms with Crippen LogP contribution in [0.3, 0.4) is 0 Å². The van der Waals surface area contributed by atoms with E-state index in [0.717, 1.165) is 22.6 Å². The lowest BCUT2D eigenvalue weighted by Gasteiger charge is -2.25. The summed E-state index contributed by atoms with van der Waals surface area (Å²) >= 11 is 0. The number of hydrazine groups is 1. The maximum absolute atomic E-state index is 15.1. The average molecular weight is 504 g/mol. The highest BCUT2D eigenvalue weighted by atomic mass is 19.1. The fourth-order valence-electron chi connectivity index (χ4n) is 4.01. The van der Waals surface area contributed by atoms with E-state index >= 15 is 8.78 Å². The Balaban J connectivity index is 1.38. The number of aromatic nitrogens is 1. The van der Waals surface area contributed by atoms with Crippen molar-refractivity contribution in [2.24, 2.45) is 0 Å². The third kappa shape index (κ3) is 5.97. The summed E-state index contributed by atoms with van der Waals surface area (Å²) in [5.41, 5.74) is 3.59. The first-order chi connectivity index (χ1) is 17.3. The van der Waals surface area contributed by atoms with Gasteiger partial charge in [0.2, 0.25) is 5.91 Å². The van der Waals surface area contributed by atoms with Crippen LogP contribution in [0.4, 0.5) is 29.7 Å². The summed E-state index contributed by atoms with van der Waals surface area (Å²) in [7, 11) is 0. The predicted molar refractivity (Wildman–Crippen MR) is 126 cm³/mol. The van der Waals surface area contributed by atoms with Crippen molar-refractivity contribution in [2.75, 3.05) is 49.1 Å². The normalized spacial score (nSPS) is 18.0. The zero-order valence-electron chi connectivity index (χ0n) is 19.7. The van der Waals surface area contributed by atoms with Crippen LogP contribution in [0.5, 0.6) is 0 Å². The Hall–Kier alpha value is -4.00. The van der Waals surface area contributed by atoms with Gasteiger partial charge in [-0.25, -0.2) is 23.8 Å². The first-order valence-corrected chi connectivity index (χ1v) is 11.5. The van der Waals surface area contributed by atoms with Gasteiger partial charge in [0, 0.05) is 57.6 Å². The Kier molecular flexibility index (Phi) is 7.78. The molecule has 0 spiro atoms. The van der Waals surface area contributed by atoms with Crippen molar-refractivity contribution < 1.29 is 27.9 Å². The van der Waals surface area contributed by atoms with Crippen LogP contribution in [-0.2, 0) is 16.1 Å². The summed E-state index contributed by atoms with van der Waals surface area (Å²) in [6.45, 7) is 2.69. The van der Waals surface area contributed by atoms with Crippen LogP contribution in [0.1, 0.15) is 12.5 Å². The van der Waals surface area contributed by atoms with Crippen molar-refractivity contribution in [1.82, 2.24) is 26.1 Å². The fraction of sp³-hybridized carbons (Fsp3) is 0.391. The Morgan fingerprint density at radius 1 is 1.19 bits per heavy atom. The molecule has 192 valence electrons. The minimum atomic E-state index is -0.836. The van der Waals surface area contributed by atoms with Gasteiger partial charge in [-0.1, -0.05) is 6.07 Å². The van der Waals surface area contributed by atoms with Gasteiger partial charge < -0.3 is 20.3 Å². The number of carbonyl (C=O) groups is 3. The number of rotatable bonds is 6. The van der Waals surface area contributed by atoms with Crippen LogP contribution in [0.25, 0.3) is 0 Å². The van der Waals surface area contributed by atoms with Crippen LogP contribution in [0, 0.1) is 11.6 Å². The van der Waals surface area contributed by atoms with Crippen molar-refractivity contribution >= 4 is 29.4 Å². The number of benzene rings is 1. The highest BCUT2D eigenvalue weighted by Crippen LogP contribution is 2.31. The molecular formula is C23H27F2N7O4. The molecule has 2 aliphatic rings. The molecule has 1 atom stereocenters. The van der Waals surface area contributed by atoms with Crippen LogP contribution in [0.15, 0.2) is 36.7 Å². The standard InChI is InChI=1S/C23H27F2N7O4/c1-15(33)27-13-18-14-31(23(35)36-18)17-9-19(24)21(20(25)10-17)30-6-5-29-32(8-7-30)22(34)28-12-16-3-2-4-26-11-16/h2-4,9-11,18,29H,5-8,12-14H2,1H3,(H,27,33)(H,28,34)/t18-/m0/s1. The molecule has 2 fully saturated rings. The highest BCUT2D eigenvalue weighted by molar-refractivity contribution is 5.90. The quantitative estimate of drug-likeness (QED) is 0.545. The van der Waals surface area contributed by atoms with E-state index < -0.39 is 23.8 Å². The number of nitrogens with zero attached hydrogens (tertiary/aromatic N) is 4. The lowest BCUT2D eigenvalue weighted by molar-refractivity contribution is -0.119. The second-order valence-electron chi connectivity index (χ2n) is 8.38. The molecule has 0 bridgehead atoms. The number of halogens is 2. The monoisotopic (exact) mass is 503 g/mol. The molecule has 3 heterocycles. The summed E-state index contributed by atoms with van der Waals surface area (Å²) in [6.07, 6.45) is 1.92. The molecule has 36 heavy (non-hydrogen) atoms. The number of anilines is 2. The number of cyclic esters (lactones) is 1. The smallest absolute Gasteiger partial charge is 0.414 e. The zero-order chi connectivity index (χ0) is 25.7. The summed E-state index contributed by atoms with van der Waals surface area (Å²) in [5.74, 6) is -1.95. The SMILES string of the molecule is CC(=O)NC[C@H]1CN(c2cc(F)c(N3CCNN(C(=O)NCc4cccnc4)CC3)c(F)c2)C(=O)O1. The second kappa shape index (κ2) is 11.2. The summed E-state index contributed by atoms with van der Waals surface area (Å²) in [6, 6.07) is 5.41. The molecule has 0 aliphatic carbocycles. The van der Waals surface area contributed by atoms with Crippen LogP contribution < -0.4 is 25.9 Å². The van der Waals surface area contributed by atoms with Crippen molar-refractivity contribution in [1.29, 1.82) is 0 Å². The first kappa shape index (κ1) is 25.1. The van der Waals surface area contributed by atoms with Gasteiger partial charge in [0.25, 0.3) is 0 Å². The molecule has 3 N–H and O–H groups in total. The van der Waals surface area contributed by atoms with E-state index in [4.69, 9.17) is 4.74 Å². The summed E-state index contributed by atoms with van der Waals surface area (Å²) < 4.78 is 35.3. The van der Waals surface area contributed by atoms with Gasteiger partial charge in [-0.3, -0.25) is 19.7 Å². The lowest BCUT2D eigenvalue weighted by Crippen LogP contribution is -2.48. The summed E-state index contributed by atoms with van der Waals surface area (Å²) in [5, 5.41) is 6.70. The lowest BCUT2D eigenvalue weighted by atomic mass is 10.2. The fourth-order valence-corrected chi connectivity index (χ4v) is 4.01. The Labute approximate surface area is 206 Å². The van der Waals surface area contributed by atoms with Crippen LogP contribution in [0.2, 0.25) is 0 Å². The first-order valence-electron chi connectivity index (χ1n) is 11.5. The minimum Gasteiger partial charge on any atom is -0.442 e. The molecule has 2 aliphatic heterocycles. The number of urea groups is 1. The molecular weight excluding hydrogens is 476 g/mol. The van der Waals surface area contributed by atoms with E-state index in [0.29, 0.717) is 6.54 Å². The van der Waals surface area contributed by atoms with Crippen LogP contribution in [-0.4, -0.2) is 73.4 Å². The number of amides is 4. The number of pyridine rings is 1. The van der Waals surface area contributed by atoms with Gasteiger partial charge in [0.1, 0.15) is 11.8 Å². The van der Waals surface area contributed by atoms with Crippen molar-refractivity contribution in [3.8, 4) is 0 Å². The number of hydrogen-bond acceptors (Lipinski definition) is 7. The molecule has 4 amide bonds. The third-order valence-corrected chi connectivity index (χ3v) is 5.77. The molecule has 0 saturated carbocycles. The molecule has 13 heteroatoms. The molecule has 0 radical (unpaired) electrons. The number of nitrogens with one attached hydrogen (secondary N) is 3. The van der Waals surface area contributed by atoms with E-state index in [1.807, 2.05) is 6.07 Å². The van der Waals surface area contributed by atoms with Crippen LogP contribution >= 0.6 is 0 Å². The number of carbonyl (C=O) groups excluding carboxylic acids is 3. The summed E-state index contributed by atoms with van der Waals surface area (Å²) in [4.78, 5) is 42.5. The van der Waals surface area contributed by atoms with E-state index in [-0.39, 0.29) is 62.6 Å². The third-order valence-electron chi connectivity index (χ3n) is 5.77. The van der Waals surface area contributed by atoms with Crippen molar-refractivity contribution in [3.63, 3.8) is 0 Å². The van der Waals surface area contributed by atoms with Gasteiger partial charge in [0.05, 0.1) is 25.3 Å². The molecule has 1 aromatic carbocycles. The minimum absolute atomic E-state index is 0.0217. The largest absolute Gasteiger partial charge is 0.442 e. The highest BCUT2D eigenvalue weighted by Gasteiger charge is 2.34. The average Bonchev–Trinajstić information content (AvgIpc) is 3.06. The van der Waals surface area contributed by atoms with E-state index in [1.165, 1.54) is 16.8 Å². The van der Waals surface area contributed by atoms with E-state index in [1.54, 1.807) is 18.5 Å². The Morgan fingerprint density at radius 2 is 1.97 bits per heavy atom. The van der Waals surface area contributed by atoms with Gasteiger partial charge in [-0.05, 0) is 11.6 Å². The second-order valence-corrected chi connectivity index (χ2v) is 8.38. The maximum atomic E-state index is 15.1. The molecule has 2 saturated heterocycles. The van der Waals surface area contributed by atoms with Gasteiger partial charge >= 0.3 is 12.1 Å². The Bertz CT molecular complexity index is 1100. The molecule has 1 aromatic heterocycles.